The molecule has 1 N–H and O–H groups in total. The lowest BCUT2D eigenvalue weighted by atomic mass is 9.97. The molecule has 4 heteroatoms. The van der Waals surface area contributed by atoms with Crippen molar-refractivity contribution in [2.45, 2.75) is 39.7 Å². The minimum Gasteiger partial charge on any atom is -0.212 e. The minimum atomic E-state index is -3.12. The average molecular weight is 255 g/mol. The third-order valence-corrected chi connectivity index (χ3v) is 4.16. The van der Waals surface area contributed by atoms with E-state index in [0.29, 0.717) is 18.9 Å². The Labute approximate surface area is 104 Å². The number of hydrogen-bond donors (Lipinski definition) is 1. The van der Waals surface area contributed by atoms with E-state index in [0.717, 1.165) is 5.56 Å². The van der Waals surface area contributed by atoms with Crippen molar-refractivity contribution in [3.05, 3.63) is 35.4 Å². The summed E-state index contributed by atoms with van der Waals surface area (Å²) in [5.74, 6) is 0.596. The van der Waals surface area contributed by atoms with E-state index in [2.05, 4.69) is 18.6 Å². The summed E-state index contributed by atoms with van der Waals surface area (Å²) in [7, 11) is -3.12. The van der Waals surface area contributed by atoms with Crippen molar-refractivity contribution in [3.8, 4) is 0 Å². The molecule has 0 aliphatic carbocycles. The molecule has 0 spiro atoms. The second-order valence-corrected chi connectivity index (χ2v) is 6.42. The van der Waals surface area contributed by atoms with E-state index in [1.165, 1.54) is 5.56 Å². The molecule has 0 saturated heterocycles. The van der Waals surface area contributed by atoms with E-state index in [9.17, 15) is 8.42 Å². The van der Waals surface area contributed by atoms with E-state index in [1.807, 2.05) is 31.2 Å². The van der Waals surface area contributed by atoms with Crippen molar-refractivity contribution >= 4 is 10.0 Å². The highest BCUT2D eigenvalue weighted by Crippen LogP contribution is 2.19. The molecule has 96 valence electrons. The summed E-state index contributed by atoms with van der Waals surface area (Å²) in [6, 6.07) is 7.95. The molecule has 0 unspecified atom stereocenters. The van der Waals surface area contributed by atoms with Crippen LogP contribution in [0.2, 0.25) is 0 Å². The lowest BCUT2D eigenvalue weighted by Gasteiger charge is -2.13. The molecule has 0 amide bonds. The smallest absolute Gasteiger partial charge is 0.211 e. The largest absolute Gasteiger partial charge is 0.212 e. The van der Waals surface area contributed by atoms with E-state index in [1.54, 1.807) is 0 Å². The molecule has 3 nitrogen and oxygen atoms in total. The van der Waals surface area contributed by atoms with E-state index >= 15 is 0 Å². The molecule has 1 aromatic carbocycles. The number of nitrogens with one attached hydrogen (secondary N) is 1. The average Bonchev–Trinajstić information content (AvgIpc) is 2.27. The quantitative estimate of drug-likeness (QED) is 0.849. The van der Waals surface area contributed by atoms with Crippen LogP contribution >= 0.6 is 0 Å². The summed E-state index contributed by atoms with van der Waals surface area (Å²) in [6.07, 6.45) is 0.640. The van der Waals surface area contributed by atoms with Crippen LogP contribution in [0.25, 0.3) is 0 Å². The first-order chi connectivity index (χ1) is 7.96. The van der Waals surface area contributed by atoms with Crippen LogP contribution < -0.4 is 4.72 Å². The molecule has 0 aliphatic rings. The van der Waals surface area contributed by atoms with Gasteiger partial charge >= 0.3 is 0 Å². The topological polar surface area (TPSA) is 46.2 Å². The first-order valence-electron chi connectivity index (χ1n) is 6.01. The number of benzene rings is 1. The van der Waals surface area contributed by atoms with Crippen LogP contribution in [0.5, 0.6) is 0 Å². The third kappa shape index (κ3) is 4.48. The zero-order valence-corrected chi connectivity index (χ0v) is 11.5. The predicted octanol–water partition coefficient (Wildman–Crippen LogP) is 2.64. The van der Waals surface area contributed by atoms with E-state index in [4.69, 9.17) is 0 Å². The second kappa shape index (κ2) is 6.17. The normalized spacial score (nSPS) is 12.0. The van der Waals surface area contributed by atoms with Crippen molar-refractivity contribution in [2.24, 2.45) is 0 Å². The second-order valence-electron chi connectivity index (χ2n) is 4.49. The van der Waals surface area contributed by atoms with Crippen LogP contribution in [-0.2, 0) is 16.6 Å². The Balaban J connectivity index is 2.76. The van der Waals surface area contributed by atoms with Crippen LogP contribution in [0.1, 0.15) is 44.2 Å². The summed E-state index contributed by atoms with van der Waals surface area (Å²) in [5.41, 5.74) is 2.26. The molecule has 0 atom stereocenters. The predicted molar refractivity (Wildman–Crippen MR) is 71.4 cm³/mol. The summed E-state index contributed by atoms with van der Waals surface area (Å²) < 4.78 is 25.8. The molecular weight excluding hydrogens is 234 g/mol. The van der Waals surface area contributed by atoms with Gasteiger partial charge in [-0.05, 0) is 23.5 Å². The van der Waals surface area contributed by atoms with Gasteiger partial charge < -0.3 is 0 Å². The minimum absolute atomic E-state index is 0.191. The number of rotatable bonds is 6. The molecule has 1 rings (SSSR count). The summed E-state index contributed by atoms with van der Waals surface area (Å²) >= 11 is 0. The Morgan fingerprint density at radius 3 is 2.47 bits per heavy atom. The standard InChI is InChI=1S/C13H21NO2S/c1-4-9-17(15,16)14-10-12-7-5-6-8-13(12)11(2)3/h5-8,11,14H,4,9-10H2,1-3H3. The van der Waals surface area contributed by atoms with Gasteiger partial charge in [0.15, 0.2) is 0 Å². The van der Waals surface area contributed by atoms with Crippen molar-refractivity contribution in [3.63, 3.8) is 0 Å². The zero-order chi connectivity index (χ0) is 12.9. The highest BCUT2D eigenvalue weighted by molar-refractivity contribution is 7.89. The van der Waals surface area contributed by atoms with E-state index < -0.39 is 10.0 Å². The fourth-order valence-corrected chi connectivity index (χ4v) is 2.84. The maximum Gasteiger partial charge on any atom is 0.211 e. The summed E-state index contributed by atoms with van der Waals surface area (Å²) in [6.45, 7) is 6.47. The van der Waals surface area contributed by atoms with Gasteiger partial charge in [-0.2, -0.15) is 0 Å². The molecule has 17 heavy (non-hydrogen) atoms. The highest BCUT2D eigenvalue weighted by Gasteiger charge is 2.10. The number of hydrogen-bond acceptors (Lipinski definition) is 2. The first-order valence-corrected chi connectivity index (χ1v) is 7.66. The Hall–Kier alpha value is -0.870. The maximum atomic E-state index is 11.6. The van der Waals surface area contributed by atoms with Gasteiger partial charge in [0.1, 0.15) is 0 Å². The van der Waals surface area contributed by atoms with E-state index in [-0.39, 0.29) is 5.75 Å². The summed E-state index contributed by atoms with van der Waals surface area (Å²) in [4.78, 5) is 0. The van der Waals surface area contributed by atoms with Gasteiger partial charge in [0.25, 0.3) is 0 Å². The summed E-state index contributed by atoms with van der Waals surface area (Å²) in [5, 5.41) is 0. The molecule has 0 heterocycles. The van der Waals surface area contributed by atoms with Gasteiger partial charge in [-0.1, -0.05) is 45.0 Å². The highest BCUT2D eigenvalue weighted by atomic mass is 32.2. The van der Waals surface area contributed by atoms with Crippen molar-refractivity contribution in [1.29, 1.82) is 0 Å². The van der Waals surface area contributed by atoms with Gasteiger partial charge in [0.2, 0.25) is 10.0 Å². The van der Waals surface area contributed by atoms with Gasteiger partial charge in [-0.3, -0.25) is 0 Å². The van der Waals surface area contributed by atoms with Crippen LogP contribution in [-0.4, -0.2) is 14.2 Å². The van der Waals surface area contributed by atoms with Crippen molar-refractivity contribution < 1.29 is 8.42 Å². The van der Waals surface area contributed by atoms with Crippen LogP contribution in [0, 0.1) is 0 Å². The van der Waals surface area contributed by atoms with Crippen molar-refractivity contribution in [2.75, 3.05) is 5.75 Å². The zero-order valence-electron chi connectivity index (χ0n) is 10.7. The van der Waals surface area contributed by atoms with Gasteiger partial charge in [0, 0.05) is 6.54 Å². The molecule has 0 fully saturated rings. The molecule has 0 aliphatic heterocycles. The van der Waals surface area contributed by atoms with Crippen LogP contribution in [0.4, 0.5) is 0 Å². The fraction of sp³-hybridized carbons (Fsp3) is 0.538. The fourth-order valence-electron chi connectivity index (χ4n) is 1.79. The number of sulfonamides is 1. The van der Waals surface area contributed by atoms with Gasteiger partial charge in [-0.15, -0.1) is 0 Å². The Morgan fingerprint density at radius 1 is 1.24 bits per heavy atom. The monoisotopic (exact) mass is 255 g/mol. The Morgan fingerprint density at radius 2 is 1.88 bits per heavy atom. The molecular formula is C13H21NO2S. The van der Waals surface area contributed by atoms with Crippen molar-refractivity contribution in [1.82, 2.24) is 4.72 Å². The molecule has 0 bridgehead atoms. The molecule has 0 saturated carbocycles. The molecule has 0 radical (unpaired) electrons. The molecule has 1 aromatic rings. The van der Waals surface area contributed by atoms with Gasteiger partial charge in [0.05, 0.1) is 5.75 Å². The Kier molecular flexibility index (Phi) is 5.15. The Bertz CT molecular complexity index is 452. The van der Waals surface area contributed by atoms with Gasteiger partial charge in [-0.25, -0.2) is 13.1 Å². The SMILES string of the molecule is CCCS(=O)(=O)NCc1ccccc1C(C)C. The lowest BCUT2D eigenvalue weighted by Crippen LogP contribution is -2.26. The third-order valence-electron chi connectivity index (χ3n) is 2.63. The molecule has 0 aromatic heterocycles. The van der Waals surface area contributed by atoms with Crippen LogP contribution in [0.3, 0.4) is 0 Å². The first kappa shape index (κ1) is 14.2. The lowest BCUT2D eigenvalue weighted by molar-refractivity contribution is 0.579. The van der Waals surface area contributed by atoms with Crippen LogP contribution in [0.15, 0.2) is 24.3 Å². The maximum absolute atomic E-state index is 11.6.